The van der Waals surface area contributed by atoms with Gasteiger partial charge in [-0.15, -0.1) is 0 Å². The first kappa shape index (κ1) is 11.5. The van der Waals surface area contributed by atoms with E-state index in [2.05, 4.69) is 12.1 Å². The fourth-order valence-electron chi connectivity index (χ4n) is 2.38. The van der Waals surface area contributed by atoms with E-state index in [0.29, 0.717) is 0 Å². The minimum absolute atomic E-state index is 0.196. The van der Waals surface area contributed by atoms with Gasteiger partial charge in [-0.25, -0.2) is 4.39 Å². The van der Waals surface area contributed by atoms with E-state index in [0.717, 1.165) is 23.4 Å². The van der Waals surface area contributed by atoms with Crippen LogP contribution in [0.5, 0.6) is 0 Å². The third-order valence-corrected chi connectivity index (χ3v) is 3.48. The van der Waals surface area contributed by atoms with Gasteiger partial charge in [-0.3, -0.25) is 0 Å². The molecule has 1 aliphatic rings. The summed E-state index contributed by atoms with van der Waals surface area (Å²) in [7, 11) is 0. The molecule has 0 radical (unpaired) electrons. The van der Waals surface area contributed by atoms with Crippen LogP contribution in [0.2, 0.25) is 5.02 Å². The minimum atomic E-state index is -0.196. The van der Waals surface area contributed by atoms with Crippen molar-refractivity contribution < 1.29 is 4.39 Å². The van der Waals surface area contributed by atoms with E-state index in [-0.39, 0.29) is 5.82 Å². The summed E-state index contributed by atoms with van der Waals surface area (Å²) in [5.41, 5.74) is 5.04. The summed E-state index contributed by atoms with van der Waals surface area (Å²) in [6.45, 7) is 0. The number of hydrogen-bond donors (Lipinski definition) is 0. The average molecular weight is 259 g/mol. The second kappa shape index (κ2) is 4.58. The van der Waals surface area contributed by atoms with E-state index in [4.69, 9.17) is 11.6 Å². The number of halogens is 2. The van der Waals surface area contributed by atoms with Crippen LogP contribution in [0.25, 0.3) is 6.08 Å². The minimum Gasteiger partial charge on any atom is -0.207 e. The molecule has 0 saturated heterocycles. The van der Waals surface area contributed by atoms with Crippen molar-refractivity contribution >= 4 is 17.7 Å². The van der Waals surface area contributed by atoms with Crippen LogP contribution in [-0.2, 0) is 12.8 Å². The van der Waals surface area contributed by atoms with Crippen molar-refractivity contribution in [3.63, 3.8) is 0 Å². The molecule has 1 aliphatic carbocycles. The standard InChI is InChI=1S/C16H12ClF/c17-15-4-3-13-8-12(9-14(13)10-15)7-11-1-5-16(18)6-2-11/h1-7,10H,8-9H2/b12-7+. The molecule has 0 amide bonds. The predicted octanol–water partition coefficient (Wildman–Crippen LogP) is 4.66. The third kappa shape index (κ3) is 2.32. The first-order valence-electron chi connectivity index (χ1n) is 5.93. The second-order valence-corrected chi connectivity index (χ2v) is 5.06. The molecule has 0 aromatic heterocycles. The Kier molecular flexibility index (Phi) is 2.92. The van der Waals surface area contributed by atoms with Gasteiger partial charge in [0.25, 0.3) is 0 Å². The molecule has 0 atom stereocenters. The Bertz CT molecular complexity index is 611. The lowest BCUT2D eigenvalue weighted by Crippen LogP contribution is -1.82. The molecule has 0 unspecified atom stereocenters. The van der Waals surface area contributed by atoms with E-state index < -0.39 is 0 Å². The van der Waals surface area contributed by atoms with Crippen molar-refractivity contribution in [1.82, 2.24) is 0 Å². The van der Waals surface area contributed by atoms with Crippen molar-refractivity contribution in [2.75, 3.05) is 0 Å². The summed E-state index contributed by atoms with van der Waals surface area (Å²) in [5.74, 6) is -0.196. The maximum Gasteiger partial charge on any atom is 0.123 e. The molecular formula is C16H12ClF. The first-order chi connectivity index (χ1) is 8.70. The number of rotatable bonds is 1. The molecule has 3 rings (SSSR count). The molecule has 0 nitrogen and oxygen atoms in total. The van der Waals surface area contributed by atoms with Gasteiger partial charge < -0.3 is 0 Å². The largest absolute Gasteiger partial charge is 0.207 e. The first-order valence-corrected chi connectivity index (χ1v) is 6.31. The lowest BCUT2D eigenvalue weighted by Gasteiger charge is -1.97. The molecule has 2 aromatic rings. The summed E-state index contributed by atoms with van der Waals surface area (Å²) in [6.07, 6.45) is 4.03. The highest BCUT2D eigenvalue weighted by molar-refractivity contribution is 6.30. The van der Waals surface area contributed by atoms with Crippen LogP contribution in [0, 0.1) is 5.82 Å². The average Bonchev–Trinajstić information content (AvgIpc) is 2.73. The maximum atomic E-state index is 12.8. The molecule has 18 heavy (non-hydrogen) atoms. The zero-order valence-corrected chi connectivity index (χ0v) is 10.5. The molecule has 0 fully saturated rings. The van der Waals surface area contributed by atoms with Crippen molar-refractivity contribution in [2.45, 2.75) is 12.8 Å². The highest BCUT2D eigenvalue weighted by Gasteiger charge is 2.15. The number of hydrogen-bond acceptors (Lipinski definition) is 0. The number of allylic oxidation sites excluding steroid dienone is 1. The zero-order valence-electron chi connectivity index (χ0n) is 9.79. The quantitative estimate of drug-likeness (QED) is 0.698. The van der Waals surface area contributed by atoms with Crippen LogP contribution >= 0.6 is 11.6 Å². The van der Waals surface area contributed by atoms with E-state index in [1.54, 1.807) is 12.1 Å². The molecular weight excluding hydrogens is 247 g/mol. The highest BCUT2D eigenvalue weighted by Crippen LogP contribution is 2.29. The monoisotopic (exact) mass is 258 g/mol. The fraction of sp³-hybridized carbons (Fsp3) is 0.125. The molecule has 0 spiro atoms. The maximum absolute atomic E-state index is 12.8. The molecule has 0 aliphatic heterocycles. The second-order valence-electron chi connectivity index (χ2n) is 4.62. The van der Waals surface area contributed by atoms with Gasteiger partial charge >= 0.3 is 0 Å². The van der Waals surface area contributed by atoms with Crippen molar-refractivity contribution in [1.29, 1.82) is 0 Å². The summed E-state index contributed by atoms with van der Waals surface area (Å²) in [6, 6.07) is 12.6. The van der Waals surface area contributed by atoms with Gasteiger partial charge in [-0.2, -0.15) is 0 Å². The third-order valence-electron chi connectivity index (χ3n) is 3.24. The van der Waals surface area contributed by atoms with Gasteiger partial charge in [0, 0.05) is 5.02 Å². The van der Waals surface area contributed by atoms with Gasteiger partial charge in [0.2, 0.25) is 0 Å². The Balaban J connectivity index is 1.87. The van der Waals surface area contributed by atoms with Crippen LogP contribution in [-0.4, -0.2) is 0 Å². The van der Waals surface area contributed by atoms with Gasteiger partial charge in [0.15, 0.2) is 0 Å². The SMILES string of the molecule is Fc1ccc(/C=C2\Cc3ccc(Cl)cc3C2)cc1. The lowest BCUT2D eigenvalue weighted by molar-refractivity contribution is 0.628. The molecule has 0 bridgehead atoms. The van der Waals surface area contributed by atoms with Gasteiger partial charge in [-0.05, 0) is 53.8 Å². The van der Waals surface area contributed by atoms with Gasteiger partial charge in [-0.1, -0.05) is 41.4 Å². The Morgan fingerprint density at radius 2 is 1.67 bits per heavy atom. The molecule has 0 saturated carbocycles. The molecule has 2 heteroatoms. The van der Waals surface area contributed by atoms with Crippen LogP contribution in [0.4, 0.5) is 4.39 Å². The molecule has 90 valence electrons. The Morgan fingerprint density at radius 3 is 2.44 bits per heavy atom. The van der Waals surface area contributed by atoms with Crippen LogP contribution < -0.4 is 0 Å². The van der Waals surface area contributed by atoms with E-state index >= 15 is 0 Å². The Labute approximate surface area is 111 Å². The van der Waals surface area contributed by atoms with Gasteiger partial charge in [0.1, 0.15) is 5.82 Å². The predicted molar refractivity (Wildman–Crippen MR) is 73.2 cm³/mol. The normalized spacial score (nSPS) is 16.0. The van der Waals surface area contributed by atoms with Crippen molar-refractivity contribution in [3.05, 3.63) is 75.6 Å². The zero-order chi connectivity index (χ0) is 12.5. The number of benzene rings is 2. The van der Waals surface area contributed by atoms with E-state index in [9.17, 15) is 4.39 Å². The summed E-state index contributed by atoms with van der Waals surface area (Å²) in [4.78, 5) is 0. The van der Waals surface area contributed by atoms with E-state index in [1.807, 2.05) is 12.1 Å². The lowest BCUT2D eigenvalue weighted by atomic mass is 10.1. The number of fused-ring (bicyclic) bond motifs is 1. The van der Waals surface area contributed by atoms with Gasteiger partial charge in [0.05, 0.1) is 0 Å². The molecule has 0 heterocycles. The topological polar surface area (TPSA) is 0 Å². The summed E-state index contributed by atoms with van der Waals surface area (Å²) >= 11 is 5.99. The van der Waals surface area contributed by atoms with Crippen molar-refractivity contribution in [3.8, 4) is 0 Å². The van der Waals surface area contributed by atoms with Crippen LogP contribution in [0.3, 0.4) is 0 Å². The Morgan fingerprint density at radius 1 is 0.944 bits per heavy atom. The van der Waals surface area contributed by atoms with Crippen LogP contribution in [0.1, 0.15) is 16.7 Å². The summed E-state index contributed by atoms with van der Waals surface area (Å²) < 4.78 is 12.8. The smallest absolute Gasteiger partial charge is 0.123 e. The van der Waals surface area contributed by atoms with Crippen molar-refractivity contribution in [2.24, 2.45) is 0 Å². The summed E-state index contributed by atoms with van der Waals surface area (Å²) in [5, 5.41) is 0.789. The fourth-order valence-corrected chi connectivity index (χ4v) is 2.57. The Hall–Kier alpha value is -1.60. The van der Waals surface area contributed by atoms with Crippen LogP contribution in [0.15, 0.2) is 48.0 Å². The molecule has 2 aromatic carbocycles. The van der Waals surface area contributed by atoms with E-state index in [1.165, 1.54) is 28.8 Å². The highest BCUT2D eigenvalue weighted by atomic mass is 35.5. The molecule has 0 N–H and O–H groups in total.